The van der Waals surface area contributed by atoms with Crippen molar-refractivity contribution in [3.8, 4) is 0 Å². The molecule has 6 nitrogen and oxygen atoms in total. The van der Waals surface area contributed by atoms with Crippen LogP contribution in [0.5, 0.6) is 0 Å². The molecular formula is C18H18INO5. The Kier molecular flexibility index (Phi) is 5.99. The van der Waals surface area contributed by atoms with Crippen LogP contribution in [0.3, 0.4) is 0 Å². The van der Waals surface area contributed by atoms with Crippen molar-refractivity contribution in [3.63, 3.8) is 0 Å². The van der Waals surface area contributed by atoms with Crippen molar-refractivity contribution in [2.75, 3.05) is 7.11 Å². The molecule has 0 radical (unpaired) electrons. The highest BCUT2D eigenvalue weighted by Crippen LogP contribution is 2.21. The van der Waals surface area contributed by atoms with E-state index in [0.717, 1.165) is 3.57 Å². The van der Waals surface area contributed by atoms with Crippen LogP contribution in [-0.4, -0.2) is 35.9 Å². The van der Waals surface area contributed by atoms with Crippen molar-refractivity contribution in [1.82, 2.24) is 4.98 Å². The van der Waals surface area contributed by atoms with Gasteiger partial charge in [0.15, 0.2) is 6.10 Å². The number of ether oxygens (including phenoxy) is 2. The molecule has 0 spiro atoms. The Balaban J connectivity index is 2.22. The fourth-order valence-corrected chi connectivity index (χ4v) is 3.12. The Morgan fingerprint density at radius 2 is 1.76 bits per heavy atom. The number of hydrogen-bond acceptors (Lipinski definition) is 5. The second-order valence-corrected chi connectivity index (χ2v) is 6.67. The number of aryl methyl sites for hydroxylation is 1. The molecule has 25 heavy (non-hydrogen) atoms. The molecule has 0 saturated heterocycles. The Morgan fingerprint density at radius 3 is 2.36 bits per heavy atom. The summed E-state index contributed by atoms with van der Waals surface area (Å²) in [5.74, 6) is -1.50. The normalized spacial score (nSPS) is 11.7. The number of halogens is 1. The number of methoxy groups -OCH3 is 1. The first-order valence-electron chi connectivity index (χ1n) is 7.55. The summed E-state index contributed by atoms with van der Waals surface area (Å²) in [4.78, 5) is 39.6. The fraction of sp³-hybridized carbons (Fsp3) is 0.278. The zero-order valence-corrected chi connectivity index (χ0v) is 16.5. The highest BCUT2D eigenvalue weighted by molar-refractivity contribution is 14.1. The number of carbonyl (C=O) groups excluding carboxylic acids is 3. The van der Waals surface area contributed by atoms with Crippen LogP contribution in [-0.2, 0) is 9.47 Å². The smallest absolute Gasteiger partial charge is 0.339 e. The standard InChI is InChI=1S/C18H18INO5/c1-9-14(18(23)24-4)10(2)20-15(9)16(21)11(3)25-17(22)12-7-5-6-8-13(12)19/h5-8,11,20H,1-4H3. The molecule has 1 unspecified atom stereocenters. The fourth-order valence-electron chi connectivity index (χ4n) is 2.51. The third kappa shape index (κ3) is 3.92. The molecule has 132 valence electrons. The van der Waals surface area contributed by atoms with Crippen molar-refractivity contribution < 1.29 is 23.9 Å². The number of esters is 2. The molecule has 0 bridgehead atoms. The van der Waals surface area contributed by atoms with Crippen molar-refractivity contribution in [3.05, 3.63) is 55.9 Å². The number of hydrogen-bond donors (Lipinski definition) is 1. The van der Waals surface area contributed by atoms with E-state index in [1.807, 2.05) is 28.7 Å². The molecule has 1 atom stereocenters. The van der Waals surface area contributed by atoms with Crippen molar-refractivity contribution in [1.29, 1.82) is 0 Å². The summed E-state index contributed by atoms with van der Waals surface area (Å²) in [6.45, 7) is 4.83. The van der Waals surface area contributed by atoms with Gasteiger partial charge in [-0.05, 0) is 61.1 Å². The Hall–Kier alpha value is -2.16. The second-order valence-electron chi connectivity index (χ2n) is 5.51. The van der Waals surface area contributed by atoms with E-state index in [1.165, 1.54) is 14.0 Å². The molecule has 0 aliphatic rings. The van der Waals surface area contributed by atoms with Gasteiger partial charge >= 0.3 is 11.9 Å². The Bertz CT molecular complexity index is 840. The van der Waals surface area contributed by atoms with Gasteiger partial charge in [-0.3, -0.25) is 4.79 Å². The molecule has 1 aromatic carbocycles. The molecule has 2 rings (SSSR count). The van der Waals surface area contributed by atoms with Crippen LogP contribution in [0.15, 0.2) is 24.3 Å². The first-order valence-corrected chi connectivity index (χ1v) is 8.63. The van der Waals surface area contributed by atoms with Gasteiger partial charge in [0.2, 0.25) is 5.78 Å². The molecule has 0 fully saturated rings. The van der Waals surface area contributed by atoms with E-state index in [-0.39, 0.29) is 5.69 Å². The third-order valence-electron chi connectivity index (χ3n) is 3.82. The quantitative estimate of drug-likeness (QED) is 0.424. The molecule has 0 aliphatic heterocycles. The minimum Gasteiger partial charge on any atom is -0.465 e. The van der Waals surface area contributed by atoms with E-state index >= 15 is 0 Å². The zero-order valence-electron chi connectivity index (χ0n) is 14.3. The number of carbonyl (C=O) groups is 3. The van der Waals surface area contributed by atoms with Gasteiger partial charge in [-0.1, -0.05) is 12.1 Å². The van der Waals surface area contributed by atoms with Crippen LogP contribution in [0.25, 0.3) is 0 Å². The predicted molar refractivity (Wildman–Crippen MR) is 100.0 cm³/mol. The molecule has 1 N–H and O–H groups in total. The number of H-pyrrole nitrogens is 1. The maximum absolute atomic E-state index is 12.6. The number of nitrogens with one attached hydrogen (secondary N) is 1. The SMILES string of the molecule is COC(=O)c1c(C)[nH]c(C(=O)C(C)OC(=O)c2ccccc2I)c1C. The van der Waals surface area contributed by atoms with Crippen LogP contribution in [0.2, 0.25) is 0 Å². The van der Waals surface area contributed by atoms with Gasteiger partial charge in [-0.2, -0.15) is 0 Å². The van der Waals surface area contributed by atoms with Crippen molar-refractivity contribution in [2.45, 2.75) is 26.9 Å². The maximum Gasteiger partial charge on any atom is 0.339 e. The monoisotopic (exact) mass is 455 g/mol. The van der Waals surface area contributed by atoms with E-state index in [2.05, 4.69) is 4.98 Å². The lowest BCUT2D eigenvalue weighted by Gasteiger charge is -2.13. The molecule has 2 aromatic rings. The topological polar surface area (TPSA) is 85.5 Å². The molecular weight excluding hydrogens is 437 g/mol. The minimum atomic E-state index is -0.995. The lowest BCUT2D eigenvalue weighted by atomic mass is 10.1. The number of Topliss-reactive ketones (excluding diaryl/α,β-unsaturated/α-hetero) is 1. The summed E-state index contributed by atoms with van der Waals surface area (Å²) in [7, 11) is 1.28. The van der Waals surface area contributed by atoms with Gasteiger partial charge < -0.3 is 14.5 Å². The average Bonchev–Trinajstić information content (AvgIpc) is 2.88. The highest BCUT2D eigenvalue weighted by Gasteiger charge is 2.27. The van der Waals surface area contributed by atoms with Gasteiger partial charge in [0.05, 0.1) is 23.9 Å². The maximum atomic E-state index is 12.6. The summed E-state index contributed by atoms with van der Waals surface area (Å²) >= 11 is 2.03. The van der Waals surface area contributed by atoms with Gasteiger partial charge in [0, 0.05) is 9.26 Å². The Labute approximate surface area is 159 Å². The lowest BCUT2D eigenvalue weighted by molar-refractivity contribution is 0.0315. The lowest BCUT2D eigenvalue weighted by Crippen LogP contribution is -2.25. The first kappa shape index (κ1) is 19.2. The molecule has 0 saturated carbocycles. The van der Waals surface area contributed by atoms with E-state index in [4.69, 9.17) is 9.47 Å². The number of ketones is 1. The van der Waals surface area contributed by atoms with E-state index in [0.29, 0.717) is 22.4 Å². The van der Waals surface area contributed by atoms with Gasteiger partial charge in [0.25, 0.3) is 0 Å². The zero-order chi connectivity index (χ0) is 18.7. The van der Waals surface area contributed by atoms with Gasteiger partial charge in [-0.25, -0.2) is 9.59 Å². The molecule has 0 amide bonds. The van der Waals surface area contributed by atoms with Crippen LogP contribution in [0.4, 0.5) is 0 Å². The third-order valence-corrected chi connectivity index (χ3v) is 4.76. The molecule has 1 aromatic heterocycles. The number of aromatic amines is 1. The molecule has 0 aliphatic carbocycles. The number of benzene rings is 1. The second kappa shape index (κ2) is 7.81. The summed E-state index contributed by atoms with van der Waals surface area (Å²) in [6, 6.07) is 6.96. The van der Waals surface area contributed by atoms with E-state index in [1.54, 1.807) is 32.0 Å². The van der Waals surface area contributed by atoms with Gasteiger partial charge in [0.1, 0.15) is 0 Å². The largest absolute Gasteiger partial charge is 0.465 e. The minimum absolute atomic E-state index is 0.237. The highest BCUT2D eigenvalue weighted by atomic mass is 127. The Morgan fingerprint density at radius 1 is 1.12 bits per heavy atom. The predicted octanol–water partition coefficient (Wildman–Crippen LogP) is 3.45. The van der Waals surface area contributed by atoms with Crippen molar-refractivity contribution >= 4 is 40.3 Å². The summed E-state index contributed by atoms with van der Waals surface area (Å²) in [5.41, 5.74) is 1.97. The van der Waals surface area contributed by atoms with Crippen LogP contribution >= 0.6 is 22.6 Å². The first-order chi connectivity index (χ1) is 11.8. The summed E-state index contributed by atoms with van der Waals surface area (Å²) < 4.78 is 10.8. The van der Waals surface area contributed by atoms with Crippen molar-refractivity contribution in [2.24, 2.45) is 0 Å². The van der Waals surface area contributed by atoms with Gasteiger partial charge in [-0.15, -0.1) is 0 Å². The molecule has 1 heterocycles. The average molecular weight is 455 g/mol. The molecule has 7 heteroatoms. The van der Waals surface area contributed by atoms with Crippen LogP contribution in [0, 0.1) is 17.4 Å². The number of aromatic nitrogens is 1. The van der Waals surface area contributed by atoms with Crippen LogP contribution < -0.4 is 0 Å². The number of rotatable bonds is 5. The van der Waals surface area contributed by atoms with E-state index in [9.17, 15) is 14.4 Å². The summed E-state index contributed by atoms with van der Waals surface area (Å²) in [6.07, 6.45) is -0.995. The summed E-state index contributed by atoms with van der Waals surface area (Å²) in [5, 5.41) is 0. The van der Waals surface area contributed by atoms with Crippen LogP contribution in [0.1, 0.15) is 49.4 Å². The van der Waals surface area contributed by atoms with E-state index < -0.39 is 23.8 Å².